The number of esters is 1. The first-order chi connectivity index (χ1) is 8.08. The maximum atomic E-state index is 11.6. The highest BCUT2D eigenvalue weighted by molar-refractivity contribution is 5.91. The van der Waals surface area contributed by atoms with Crippen molar-refractivity contribution in [2.24, 2.45) is 5.92 Å². The van der Waals surface area contributed by atoms with Gasteiger partial charge in [0.25, 0.3) is 0 Å². The van der Waals surface area contributed by atoms with E-state index in [2.05, 4.69) is 32.6 Å². The van der Waals surface area contributed by atoms with E-state index in [9.17, 15) is 4.79 Å². The summed E-state index contributed by atoms with van der Waals surface area (Å²) in [4.78, 5) is 11.6. The van der Waals surface area contributed by atoms with Crippen molar-refractivity contribution in [3.05, 3.63) is 35.5 Å². The van der Waals surface area contributed by atoms with Crippen molar-refractivity contribution in [1.82, 2.24) is 0 Å². The van der Waals surface area contributed by atoms with Gasteiger partial charge in [0.2, 0.25) is 0 Å². The number of carbonyl (C=O) groups excluding carboxylic acids is 1. The fourth-order valence-electron chi connectivity index (χ4n) is 2.51. The summed E-state index contributed by atoms with van der Waals surface area (Å²) in [5, 5.41) is 0. The predicted octanol–water partition coefficient (Wildman–Crippen LogP) is 3.55. The Hall–Kier alpha value is -1.31. The molecule has 0 aromatic heterocycles. The molecular formula is C15H20O2. The zero-order valence-corrected chi connectivity index (χ0v) is 10.7. The van der Waals surface area contributed by atoms with Crippen LogP contribution in [0.1, 0.15) is 39.5 Å². The van der Waals surface area contributed by atoms with Crippen molar-refractivity contribution in [1.29, 1.82) is 0 Å². The molecule has 2 aliphatic rings. The summed E-state index contributed by atoms with van der Waals surface area (Å²) in [5.74, 6) is -0.0520. The number of carbonyl (C=O) groups is 1. The largest absolute Gasteiger partial charge is 0.454 e. The van der Waals surface area contributed by atoms with E-state index in [4.69, 9.17) is 4.74 Å². The second-order valence-corrected chi connectivity index (χ2v) is 5.14. The Labute approximate surface area is 103 Å². The maximum absolute atomic E-state index is 11.6. The van der Waals surface area contributed by atoms with Crippen molar-refractivity contribution < 1.29 is 9.53 Å². The van der Waals surface area contributed by atoms with E-state index >= 15 is 0 Å². The molecule has 0 spiro atoms. The van der Waals surface area contributed by atoms with Crippen molar-refractivity contribution in [3.8, 4) is 0 Å². The van der Waals surface area contributed by atoms with E-state index in [1.54, 1.807) is 0 Å². The Morgan fingerprint density at radius 3 is 2.82 bits per heavy atom. The molecule has 1 aliphatic carbocycles. The normalized spacial score (nSPS) is 33.3. The van der Waals surface area contributed by atoms with Gasteiger partial charge in [0.1, 0.15) is 6.10 Å². The molecular weight excluding hydrogens is 212 g/mol. The van der Waals surface area contributed by atoms with Crippen molar-refractivity contribution in [2.45, 2.75) is 45.6 Å². The monoisotopic (exact) mass is 232 g/mol. The SMILES string of the molecule is C=C1C(=O)O[C@@H]2/C=C(/C)CCC=C(C)CC[C@@H]12. The highest BCUT2D eigenvalue weighted by Crippen LogP contribution is 2.33. The van der Waals surface area contributed by atoms with Gasteiger partial charge in [-0.15, -0.1) is 0 Å². The van der Waals surface area contributed by atoms with Gasteiger partial charge in [0.05, 0.1) is 0 Å². The molecule has 1 saturated heterocycles. The highest BCUT2D eigenvalue weighted by Gasteiger charge is 2.36. The summed E-state index contributed by atoms with van der Waals surface area (Å²) < 4.78 is 5.38. The van der Waals surface area contributed by atoms with Crippen LogP contribution in [0.5, 0.6) is 0 Å². The molecule has 1 fully saturated rings. The third-order valence-electron chi connectivity index (χ3n) is 3.68. The molecule has 1 heterocycles. The fourth-order valence-corrected chi connectivity index (χ4v) is 2.51. The topological polar surface area (TPSA) is 26.3 Å². The molecule has 0 amide bonds. The lowest BCUT2D eigenvalue weighted by molar-refractivity contribution is -0.137. The van der Waals surface area contributed by atoms with Crippen LogP contribution in [0, 0.1) is 5.92 Å². The molecule has 0 unspecified atom stereocenters. The second-order valence-electron chi connectivity index (χ2n) is 5.14. The van der Waals surface area contributed by atoms with Crippen LogP contribution >= 0.6 is 0 Å². The Morgan fingerprint density at radius 2 is 2.06 bits per heavy atom. The second kappa shape index (κ2) is 4.91. The molecule has 0 aromatic carbocycles. The minimum atomic E-state index is -0.218. The van der Waals surface area contributed by atoms with Crippen molar-refractivity contribution in [2.75, 3.05) is 0 Å². The molecule has 0 N–H and O–H groups in total. The summed E-state index contributed by atoms with van der Waals surface area (Å²) in [6.45, 7) is 8.14. The Morgan fingerprint density at radius 1 is 1.29 bits per heavy atom. The van der Waals surface area contributed by atoms with Gasteiger partial charge >= 0.3 is 5.97 Å². The van der Waals surface area contributed by atoms with Gasteiger partial charge in [-0.2, -0.15) is 0 Å². The van der Waals surface area contributed by atoms with Crippen LogP contribution < -0.4 is 0 Å². The van der Waals surface area contributed by atoms with Gasteiger partial charge in [0.15, 0.2) is 0 Å². The number of rotatable bonds is 0. The third kappa shape index (κ3) is 2.68. The van der Waals surface area contributed by atoms with Gasteiger partial charge in [0, 0.05) is 11.5 Å². The molecule has 2 rings (SSSR count). The van der Waals surface area contributed by atoms with E-state index < -0.39 is 0 Å². The molecule has 17 heavy (non-hydrogen) atoms. The quantitative estimate of drug-likeness (QED) is 0.363. The summed E-state index contributed by atoms with van der Waals surface area (Å²) in [6, 6.07) is 0. The van der Waals surface area contributed by atoms with Crippen LogP contribution in [-0.2, 0) is 9.53 Å². The van der Waals surface area contributed by atoms with E-state index in [0.717, 1.165) is 25.7 Å². The zero-order chi connectivity index (χ0) is 12.4. The molecule has 92 valence electrons. The minimum absolute atomic E-state index is 0.0825. The van der Waals surface area contributed by atoms with Crippen LogP contribution in [0.15, 0.2) is 35.5 Å². The Balaban J connectivity index is 2.24. The van der Waals surface area contributed by atoms with Gasteiger partial charge < -0.3 is 4.74 Å². The summed E-state index contributed by atoms with van der Waals surface area (Å²) >= 11 is 0. The summed E-state index contributed by atoms with van der Waals surface area (Å²) in [5.41, 5.74) is 3.35. The first-order valence-electron chi connectivity index (χ1n) is 6.30. The maximum Gasteiger partial charge on any atom is 0.334 e. The highest BCUT2D eigenvalue weighted by atomic mass is 16.5. The molecule has 0 aromatic rings. The van der Waals surface area contributed by atoms with Crippen LogP contribution in [0.3, 0.4) is 0 Å². The molecule has 2 atom stereocenters. The molecule has 2 nitrogen and oxygen atoms in total. The molecule has 0 bridgehead atoms. The molecule has 2 heteroatoms. The van der Waals surface area contributed by atoms with Crippen LogP contribution in [0.25, 0.3) is 0 Å². The summed E-state index contributed by atoms with van der Waals surface area (Å²) in [6.07, 6.45) is 8.45. The van der Waals surface area contributed by atoms with Gasteiger partial charge in [-0.05, 0) is 45.6 Å². The first kappa shape index (κ1) is 12.2. The lowest BCUT2D eigenvalue weighted by atomic mass is 9.88. The number of allylic oxidation sites excluding steroid dienone is 3. The predicted molar refractivity (Wildman–Crippen MR) is 68.5 cm³/mol. The van der Waals surface area contributed by atoms with Crippen LogP contribution in [0.2, 0.25) is 0 Å². The van der Waals surface area contributed by atoms with Crippen LogP contribution in [0.4, 0.5) is 0 Å². The smallest absolute Gasteiger partial charge is 0.334 e. The van der Waals surface area contributed by atoms with E-state index in [0.29, 0.717) is 5.57 Å². The fraction of sp³-hybridized carbons (Fsp3) is 0.533. The average molecular weight is 232 g/mol. The summed E-state index contributed by atoms with van der Waals surface area (Å²) in [7, 11) is 0. The average Bonchev–Trinajstić information content (AvgIpc) is 2.52. The third-order valence-corrected chi connectivity index (χ3v) is 3.68. The lowest BCUT2D eigenvalue weighted by Gasteiger charge is -2.17. The zero-order valence-electron chi connectivity index (χ0n) is 10.7. The lowest BCUT2D eigenvalue weighted by Crippen LogP contribution is -2.15. The standard InChI is InChI=1S/C15H20O2/c1-10-5-4-6-11(2)9-14-13(8-7-10)12(3)15(16)17-14/h5,9,13-14H,3-4,6-8H2,1-2H3/b10-5?,11-9-/t13-,14+/m0/s1. The molecule has 0 saturated carbocycles. The number of ether oxygens (including phenoxy) is 1. The van der Waals surface area contributed by atoms with Crippen molar-refractivity contribution in [3.63, 3.8) is 0 Å². The van der Waals surface area contributed by atoms with Crippen LogP contribution in [-0.4, -0.2) is 12.1 Å². The first-order valence-corrected chi connectivity index (χ1v) is 6.30. The van der Waals surface area contributed by atoms with E-state index in [1.165, 1.54) is 11.1 Å². The molecule has 0 radical (unpaired) electrons. The van der Waals surface area contributed by atoms with Gasteiger partial charge in [-0.25, -0.2) is 4.79 Å². The number of hydrogen-bond acceptors (Lipinski definition) is 2. The van der Waals surface area contributed by atoms with Gasteiger partial charge in [-0.1, -0.05) is 23.8 Å². The number of hydrogen-bond donors (Lipinski definition) is 0. The molecule has 1 aliphatic heterocycles. The Kier molecular flexibility index (Phi) is 3.51. The van der Waals surface area contributed by atoms with E-state index in [1.807, 2.05) is 0 Å². The van der Waals surface area contributed by atoms with E-state index in [-0.39, 0.29) is 18.0 Å². The number of fused-ring (bicyclic) bond motifs is 1. The van der Waals surface area contributed by atoms with Crippen molar-refractivity contribution >= 4 is 5.97 Å². The minimum Gasteiger partial charge on any atom is -0.454 e. The Bertz CT molecular complexity index is 401. The van der Waals surface area contributed by atoms with Gasteiger partial charge in [-0.3, -0.25) is 0 Å².